The summed E-state index contributed by atoms with van der Waals surface area (Å²) in [6.45, 7) is 0. The number of aromatic amines is 1. The van der Waals surface area contributed by atoms with Crippen LogP contribution in [0.25, 0.3) is 11.3 Å². The van der Waals surface area contributed by atoms with E-state index >= 15 is 0 Å². The number of carbonyl (C=O) groups is 2. The molecule has 2 aromatic rings. The number of nitrogens with one attached hydrogen (secondary N) is 2. The lowest BCUT2D eigenvalue weighted by Crippen LogP contribution is -2.23. The van der Waals surface area contributed by atoms with Crippen LogP contribution in [0.1, 0.15) is 29.8 Å². The number of anilines is 1. The number of hydrogen-bond acceptors (Lipinski definition) is 6. The fourth-order valence-electron chi connectivity index (χ4n) is 2.70. The van der Waals surface area contributed by atoms with E-state index in [1.807, 2.05) is 5.38 Å². The molecule has 24 heavy (non-hydrogen) atoms. The summed E-state index contributed by atoms with van der Waals surface area (Å²) in [6.07, 6.45) is 4.12. The van der Waals surface area contributed by atoms with Crippen LogP contribution >= 0.6 is 23.7 Å². The zero-order chi connectivity index (χ0) is 16.4. The van der Waals surface area contributed by atoms with Crippen molar-refractivity contribution in [1.29, 1.82) is 0 Å². The van der Waals surface area contributed by atoms with Gasteiger partial charge in [-0.05, 0) is 25.3 Å². The number of H-pyrrole nitrogens is 1. The van der Waals surface area contributed by atoms with Gasteiger partial charge in [-0.15, -0.1) is 23.7 Å². The number of halogens is 1. The average Bonchev–Trinajstić information content (AvgIpc) is 3.25. The molecule has 2 aromatic heterocycles. The number of amides is 1. The number of carbonyl (C=O) groups excluding carboxylic acids is 2. The van der Waals surface area contributed by atoms with Gasteiger partial charge in [0.15, 0.2) is 5.13 Å². The lowest BCUT2D eigenvalue weighted by Gasteiger charge is -2.08. The van der Waals surface area contributed by atoms with E-state index in [2.05, 4.69) is 20.0 Å². The van der Waals surface area contributed by atoms with Crippen molar-refractivity contribution in [3.63, 3.8) is 0 Å². The van der Waals surface area contributed by atoms with Gasteiger partial charge in [-0.25, -0.2) is 9.78 Å². The summed E-state index contributed by atoms with van der Waals surface area (Å²) < 4.78 is 4.65. The Bertz CT molecular complexity index is 730. The zero-order valence-corrected chi connectivity index (χ0v) is 14.7. The van der Waals surface area contributed by atoms with Crippen molar-refractivity contribution in [3.05, 3.63) is 23.3 Å². The Kier molecular flexibility index (Phi) is 5.98. The summed E-state index contributed by atoms with van der Waals surface area (Å²) >= 11 is 1.35. The van der Waals surface area contributed by atoms with E-state index in [-0.39, 0.29) is 30.3 Å². The Morgan fingerprint density at radius 3 is 2.92 bits per heavy atom. The third-order valence-electron chi connectivity index (χ3n) is 3.96. The molecule has 1 aliphatic carbocycles. The van der Waals surface area contributed by atoms with Crippen molar-refractivity contribution >= 4 is 40.8 Å². The van der Waals surface area contributed by atoms with E-state index in [0.29, 0.717) is 16.5 Å². The topological polar surface area (TPSA) is 110 Å². The fourth-order valence-corrected chi connectivity index (χ4v) is 3.42. The minimum absolute atomic E-state index is 0. The Morgan fingerprint density at radius 1 is 1.46 bits per heavy atom. The minimum atomic E-state index is -0.433. The summed E-state index contributed by atoms with van der Waals surface area (Å²) in [5.41, 5.74) is 7.67. The van der Waals surface area contributed by atoms with Gasteiger partial charge in [-0.2, -0.15) is 0 Å². The summed E-state index contributed by atoms with van der Waals surface area (Å²) in [7, 11) is 1.33. The molecule has 1 amide bonds. The van der Waals surface area contributed by atoms with E-state index in [4.69, 9.17) is 5.73 Å². The number of nitrogens with two attached hydrogens (primary N) is 1. The van der Waals surface area contributed by atoms with Gasteiger partial charge in [0, 0.05) is 29.1 Å². The molecule has 2 unspecified atom stereocenters. The smallest absolute Gasteiger partial charge is 0.354 e. The molecule has 2 atom stereocenters. The Hall–Kier alpha value is -1.90. The molecule has 9 heteroatoms. The highest BCUT2D eigenvalue weighted by Crippen LogP contribution is 2.28. The first kappa shape index (κ1) is 18.4. The molecular weight excluding hydrogens is 352 g/mol. The van der Waals surface area contributed by atoms with Gasteiger partial charge in [0.05, 0.1) is 12.8 Å². The maximum atomic E-state index is 12.2. The van der Waals surface area contributed by atoms with Crippen LogP contribution in [0.4, 0.5) is 5.13 Å². The summed E-state index contributed by atoms with van der Waals surface area (Å²) in [5.74, 6) is -0.490. The van der Waals surface area contributed by atoms with E-state index in [1.54, 1.807) is 12.3 Å². The molecule has 0 bridgehead atoms. The molecule has 7 nitrogen and oxygen atoms in total. The lowest BCUT2D eigenvalue weighted by atomic mass is 10.1. The van der Waals surface area contributed by atoms with Gasteiger partial charge in [-0.1, -0.05) is 0 Å². The third-order valence-corrected chi connectivity index (χ3v) is 4.72. The van der Waals surface area contributed by atoms with Gasteiger partial charge < -0.3 is 20.8 Å². The van der Waals surface area contributed by atoms with Crippen molar-refractivity contribution in [1.82, 2.24) is 9.97 Å². The predicted octanol–water partition coefficient (Wildman–Crippen LogP) is 2.41. The van der Waals surface area contributed by atoms with Crippen LogP contribution in [-0.4, -0.2) is 35.0 Å². The summed E-state index contributed by atoms with van der Waals surface area (Å²) in [5, 5.41) is 5.23. The van der Waals surface area contributed by atoms with Crippen LogP contribution in [0.2, 0.25) is 0 Å². The zero-order valence-electron chi connectivity index (χ0n) is 13.1. The van der Waals surface area contributed by atoms with Crippen LogP contribution in [0, 0.1) is 5.92 Å². The molecule has 1 aliphatic rings. The predicted molar refractivity (Wildman–Crippen MR) is 94.4 cm³/mol. The Balaban J connectivity index is 0.00000208. The number of thiazole rings is 1. The maximum Gasteiger partial charge on any atom is 0.354 e. The number of methoxy groups -OCH3 is 1. The van der Waals surface area contributed by atoms with E-state index in [0.717, 1.165) is 24.8 Å². The maximum absolute atomic E-state index is 12.2. The molecule has 0 spiro atoms. The van der Waals surface area contributed by atoms with Gasteiger partial charge in [0.25, 0.3) is 0 Å². The molecule has 3 rings (SSSR count). The molecule has 1 saturated carbocycles. The second-order valence-electron chi connectivity index (χ2n) is 5.59. The number of nitrogens with zero attached hydrogens (tertiary/aromatic N) is 1. The highest BCUT2D eigenvalue weighted by molar-refractivity contribution is 7.14. The van der Waals surface area contributed by atoms with Crippen molar-refractivity contribution in [3.8, 4) is 11.3 Å². The van der Waals surface area contributed by atoms with Crippen molar-refractivity contribution in [2.75, 3.05) is 12.4 Å². The first-order valence-electron chi connectivity index (χ1n) is 7.36. The minimum Gasteiger partial charge on any atom is -0.464 e. The third kappa shape index (κ3) is 3.95. The van der Waals surface area contributed by atoms with E-state index < -0.39 is 5.97 Å². The Morgan fingerprint density at radius 2 is 2.25 bits per heavy atom. The second-order valence-corrected chi connectivity index (χ2v) is 6.45. The molecule has 0 aliphatic heterocycles. The molecule has 130 valence electrons. The fraction of sp³-hybridized carbons (Fsp3) is 0.400. The van der Waals surface area contributed by atoms with Crippen LogP contribution in [0.3, 0.4) is 0 Å². The van der Waals surface area contributed by atoms with Crippen molar-refractivity contribution < 1.29 is 14.3 Å². The Labute approximate surface area is 149 Å². The van der Waals surface area contributed by atoms with E-state index in [9.17, 15) is 9.59 Å². The number of ether oxygens (including phenoxy) is 1. The molecule has 0 saturated heterocycles. The molecule has 0 radical (unpaired) electrons. The number of rotatable bonds is 4. The SMILES string of the molecule is COC(=O)c1cc(-c2csc(NC(=O)C3CCC(N)C3)n2)c[nH]1.Cl. The second kappa shape index (κ2) is 7.78. The summed E-state index contributed by atoms with van der Waals surface area (Å²) in [4.78, 5) is 30.9. The van der Waals surface area contributed by atoms with Gasteiger partial charge in [-0.3, -0.25) is 4.79 Å². The quantitative estimate of drug-likeness (QED) is 0.716. The largest absolute Gasteiger partial charge is 0.464 e. The molecule has 2 heterocycles. The molecule has 4 N–H and O–H groups in total. The van der Waals surface area contributed by atoms with Crippen molar-refractivity contribution in [2.24, 2.45) is 11.7 Å². The van der Waals surface area contributed by atoms with E-state index in [1.165, 1.54) is 18.4 Å². The lowest BCUT2D eigenvalue weighted by molar-refractivity contribution is -0.119. The molecule has 1 fully saturated rings. The standard InChI is InChI=1S/C15H18N4O3S.ClH/c1-22-14(21)11-5-9(6-17-11)12-7-23-15(18-12)19-13(20)8-2-3-10(16)4-8;/h5-8,10,17H,2-4,16H2,1H3,(H,18,19,20);1H. The van der Waals surface area contributed by atoms with Crippen molar-refractivity contribution in [2.45, 2.75) is 25.3 Å². The van der Waals surface area contributed by atoms with Crippen LogP contribution in [0.15, 0.2) is 17.6 Å². The molecule has 0 aromatic carbocycles. The van der Waals surface area contributed by atoms with Crippen LogP contribution < -0.4 is 11.1 Å². The first-order valence-corrected chi connectivity index (χ1v) is 8.24. The van der Waals surface area contributed by atoms with Crippen LogP contribution in [-0.2, 0) is 9.53 Å². The van der Waals surface area contributed by atoms with Gasteiger partial charge in [0.2, 0.25) is 5.91 Å². The number of hydrogen-bond donors (Lipinski definition) is 3. The van der Waals surface area contributed by atoms with Gasteiger partial charge >= 0.3 is 5.97 Å². The highest BCUT2D eigenvalue weighted by atomic mass is 35.5. The number of esters is 1. The monoisotopic (exact) mass is 370 g/mol. The molecular formula is C15H19ClN4O3S. The summed E-state index contributed by atoms with van der Waals surface area (Å²) in [6, 6.07) is 1.79. The number of aromatic nitrogens is 2. The highest BCUT2D eigenvalue weighted by Gasteiger charge is 2.28. The average molecular weight is 371 g/mol. The van der Waals surface area contributed by atoms with Gasteiger partial charge in [0.1, 0.15) is 5.69 Å². The normalized spacial score (nSPS) is 19.6. The first-order chi connectivity index (χ1) is 11.1. The van der Waals surface area contributed by atoms with Crippen LogP contribution in [0.5, 0.6) is 0 Å².